The van der Waals surface area contributed by atoms with E-state index in [0.29, 0.717) is 23.5 Å². The molecule has 2 aromatic rings. The third-order valence-electron chi connectivity index (χ3n) is 9.25. The van der Waals surface area contributed by atoms with Crippen LogP contribution in [-0.2, 0) is 26.0 Å². The number of fused-ring (bicyclic) bond motifs is 5. The number of rotatable bonds is 5. The van der Waals surface area contributed by atoms with Crippen LogP contribution in [0.4, 0.5) is 0 Å². The molecule has 38 heavy (non-hydrogen) atoms. The van der Waals surface area contributed by atoms with Crippen LogP contribution in [-0.4, -0.2) is 37.0 Å². The topological polar surface area (TPSA) is 136 Å². The fraction of sp³-hybridized carbons (Fsp3) is 0.517. The average molecular weight is 541 g/mol. The Morgan fingerprint density at radius 1 is 1.08 bits per heavy atom. The molecule has 5 atom stereocenters. The summed E-state index contributed by atoms with van der Waals surface area (Å²) in [4.78, 5) is 26.0. The van der Waals surface area contributed by atoms with Crippen molar-refractivity contribution in [2.45, 2.75) is 81.8 Å². The molecule has 0 radical (unpaired) electrons. The molecule has 5 unspecified atom stereocenters. The molecule has 0 aliphatic heterocycles. The smallest absolute Gasteiger partial charge is 0.331 e. The molecule has 0 spiro atoms. The summed E-state index contributed by atoms with van der Waals surface area (Å²) in [6.45, 7) is 5.49. The number of carbonyl (C=O) groups excluding carboxylic acids is 2. The Morgan fingerprint density at radius 3 is 2.47 bits per heavy atom. The van der Waals surface area contributed by atoms with E-state index in [1.54, 1.807) is 19.9 Å². The van der Waals surface area contributed by atoms with Crippen molar-refractivity contribution in [3.05, 3.63) is 59.2 Å². The van der Waals surface area contributed by atoms with Crippen molar-refractivity contribution in [3.8, 4) is 5.75 Å². The lowest BCUT2D eigenvalue weighted by Gasteiger charge is -2.50. The Balaban J connectivity index is 1.26. The lowest BCUT2D eigenvalue weighted by Crippen LogP contribution is -2.53. The minimum Gasteiger partial charge on any atom is -0.508 e. The Labute approximate surface area is 224 Å². The van der Waals surface area contributed by atoms with E-state index in [1.807, 2.05) is 6.07 Å². The number of amides is 1. The minimum absolute atomic E-state index is 0.0916. The van der Waals surface area contributed by atoms with E-state index < -0.39 is 27.4 Å². The Hall–Kier alpha value is -2.91. The molecule has 9 heteroatoms. The molecule has 0 bridgehead atoms. The summed E-state index contributed by atoms with van der Waals surface area (Å²) in [7, 11) is -3.86. The number of esters is 1. The second-order valence-electron chi connectivity index (χ2n) is 12.0. The monoisotopic (exact) mass is 540 g/mol. The first-order chi connectivity index (χ1) is 17.8. The van der Waals surface area contributed by atoms with E-state index in [0.717, 1.165) is 38.5 Å². The van der Waals surface area contributed by atoms with Crippen LogP contribution in [0.5, 0.6) is 5.75 Å². The predicted molar refractivity (Wildman–Crippen MR) is 142 cm³/mol. The zero-order chi connectivity index (χ0) is 27.5. The number of benzene rings is 2. The number of ether oxygens (including phenoxy) is 1. The zero-order valence-electron chi connectivity index (χ0n) is 22.1. The van der Waals surface area contributed by atoms with Gasteiger partial charge in [-0.05, 0) is 118 Å². The van der Waals surface area contributed by atoms with E-state index in [2.05, 4.69) is 18.3 Å². The molecule has 2 saturated carbocycles. The number of sulfonamides is 1. The number of nitrogens with two attached hydrogens (primary N) is 1. The molecule has 4 N–H and O–H groups in total. The van der Waals surface area contributed by atoms with E-state index in [4.69, 9.17) is 9.88 Å². The van der Waals surface area contributed by atoms with E-state index in [9.17, 15) is 23.1 Å². The highest BCUT2D eigenvalue weighted by molar-refractivity contribution is 7.89. The summed E-state index contributed by atoms with van der Waals surface area (Å²) in [6.07, 6.45) is 5.61. The Kier molecular flexibility index (Phi) is 6.59. The normalized spacial score (nSPS) is 28.5. The van der Waals surface area contributed by atoms with Crippen LogP contribution in [0.25, 0.3) is 0 Å². The van der Waals surface area contributed by atoms with Crippen LogP contribution in [0.15, 0.2) is 47.4 Å². The summed E-state index contributed by atoms with van der Waals surface area (Å²) in [6, 6.07) is 11.0. The van der Waals surface area contributed by atoms with Gasteiger partial charge in [0.05, 0.1) is 4.90 Å². The summed E-state index contributed by atoms with van der Waals surface area (Å²) in [5.74, 6) is 0.800. The molecule has 5 rings (SSSR count). The zero-order valence-corrected chi connectivity index (χ0v) is 22.9. The average Bonchev–Trinajstić information content (AvgIpc) is 3.19. The molecule has 204 valence electrons. The van der Waals surface area contributed by atoms with Gasteiger partial charge in [-0.2, -0.15) is 0 Å². The van der Waals surface area contributed by atoms with Crippen molar-refractivity contribution in [2.24, 2.45) is 22.4 Å². The number of nitrogens with one attached hydrogen (secondary N) is 1. The fourth-order valence-corrected chi connectivity index (χ4v) is 7.71. The quantitative estimate of drug-likeness (QED) is 0.490. The number of primary sulfonamides is 1. The molecule has 2 aromatic carbocycles. The van der Waals surface area contributed by atoms with Gasteiger partial charge in [0.15, 0.2) is 0 Å². The van der Waals surface area contributed by atoms with Gasteiger partial charge in [-0.25, -0.2) is 18.4 Å². The first kappa shape index (κ1) is 26.7. The second kappa shape index (κ2) is 9.38. The molecule has 8 nitrogen and oxygen atoms in total. The SMILES string of the molecule is CC(C)(NC(=O)c1ccc(S(N)(=O)=O)cc1)C(=O)OC1CCC2C3CCc4cc(O)ccc4C3CCC12C. The first-order valence-corrected chi connectivity index (χ1v) is 14.8. The van der Waals surface area contributed by atoms with Crippen molar-refractivity contribution < 1.29 is 27.9 Å². The third kappa shape index (κ3) is 4.71. The van der Waals surface area contributed by atoms with Crippen molar-refractivity contribution in [1.29, 1.82) is 0 Å². The molecule has 3 aliphatic rings. The van der Waals surface area contributed by atoms with Gasteiger partial charge < -0.3 is 15.2 Å². The van der Waals surface area contributed by atoms with Crippen LogP contribution in [0.2, 0.25) is 0 Å². The number of phenols is 1. The molecular weight excluding hydrogens is 504 g/mol. The maximum Gasteiger partial charge on any atom is 0.331 e. The third-order valence-corrected chi connectivity index (χ3v) is 10.2. The van der Waals surface area contributed by atoms with Gasteiger partial charge in [0, 0.05) is 11.0 Å². The summed E-state index contributed by atoms with van der Waals surface area (Å²) in [5, 5.41) is 17.8. The largest absolute Gasteiger partial charge is 0.508 e. The van der Waals surface area contributed by atoms with Crippen molar-refractivity contribution in [2.75, 3.05) is 0 Å². The maximum atomic E-state index is 13.3. The summed E-state index contributed by atoms with van der Waals surface area (Å²) < 4.78 is 29.1. The Bertz CT molecular complexity index is 1370. The number of hydrogen-bond donors (Lipinski definition) is 3. The maximum absolute atomic E-state index is 13.3. The van der Waals surface area contributed by atoms with Gasteiger partial charge in [-0.1, -0.05) is 13.0 Å². The van der Waals surface area contributed by atoms with Gasteiger partial charge in [0.2, 0.25) is 10.0 Å². The van der Waals surface area contributed by atoms with Gasteiger partial charge in [0.25, 0.3) is 5.91 Å². The van der Waals surface area contributed by atoms with Crippen LogP contribution >= 0.6 is 0 Å². The number of aryl methyl sites for hydroxylation is 1. The highest BCUT2D eigenvalue weighted by atomic mass is 32.2. The van der Waals surface area contributed by atoms with Crippen LogP contribution < -0.4 is 10.5 Å². The van der Waals surface area contributed by atoms with Crippen LogP contribution in [0, 0.1) is 17.3 Å². The van der Waals surface area contributed by atoms with Gasteiger partial charge in [-0.3, -0.25) is 4.79 Å². The van der Waals surface area contributed by atoms with E-state index >= 15 is 0 Å². The number of hydrogen-bond acceptors (Lipinski definition) is 6. The molecular formula is C29H36N2O6S. The standard InChI is InChI=1S/C29H36N2O6S/c1-28(2,31-26(33)17-4-8-20(9-5-17)38(30,35)36)27(34)37-25-13-12-24-23-10-6-18-16-19(32)7-11-21(18)22(23)14-15-29(24,25)3/h4-5,7-9,11,16,22-25,32H,6,10,12-15H2,1-3H3,(H,31,33)(H2,30,35,36). The second-order valence-corrected chi connectivity index (χ2v) is 13.5. The summed E-state index contributed by atoms with van der Waals surface area (Å²) in [5.41, 5.74) is 1.45. The highest BCUT2D eigenvalue weighted by Gasteiger charge is 2.56. The van der Waals surface area contributed by atoms with Gasteiger partial charge in [-0.15, -0.1) is 0 Å². The molecule has 1 amide bonds. The van der Waals surface area contributed by atoms with Crippen LogP contribution in [0.3, 0.4) is 0 Å². The van der Waals surface area contributed by atoms with Gasteiger partial charge >= 0.3 is 5.97 Å². The number of aromatic hydroxyl groups is 1. The summed E-state index contributed by atoms with van der Waals surface area (Å²) >= 11 is 0. The van der Waals surface area contributed by atoms with E-state index in [1.165, 1.54) is 35.4 Å². The molecule has 0 saturated heterocycles. The van der Waals surface area contributed by atoms with Crippen LogP contribution in [0.1, 0.15) is 80.3 Å². The lowest BCUT2D eigenvalue weighted by molar-refractivity contribution is -0.163. The van der Waals surface area contributed by atoms with E-state index in [-0.39, 0.29) is 22.0 Å². The molecule has 0 aromatic heterocycles. The van der Waals surface area contributed by atoms with Crippen molar-refractivity contribution in [1.82, 2.24) is 5.32 Å². The highest BCUT2D eigenvalue weighted by Crippen LogP contribution is 2.61. The minimum atomic E-state index is -3.86. The fourth-order valence-electron chi connectivity index (χ4n) is 7.19. The number of phenolic OH excluding ortho intramolecular Hbond substituents is 1. The molecule has 3 aliphatic carbocycles. The molecule has 2 fully saturated rings. The molecule has 0 heterocycles. The van der Waals surface area contributed by atoms with Crippen molar-refractivity contribution in [3.63, 3.8) is 0 Å². The lowest BCUT2D eigenvalue weighted by atomic mass is 9.55. The van der Waals surface area contributed by atoms with Crippen molar-refractivity contribution >= 4 is 21.9 Å². The number of carbonyl (C=O) groups is 2. The van der Waals surface area contributed by atoms with Gasteiger partial charge in [0.1, 0.15) is 17.4 Å². The predicted octanol–water partition coefficient (Wildman–Crippen LogP) is 4.02. The Morgan fingerprint density at radius 2 is 1.79 bits per heavy atom. The first-order valence-electron chi connectivity index (χ1n) is 13.3.